The maximum atomic E-state index is 10.4. The zero-order chi connectivity index (χ0) is 18.6. The van der Waals surface area contributed by atoms with Crippen LogP contribution in [0.2, 0.25) is 0 Å². The molecule has 0 aliphatic carbocycles. The first-order valence-electron chi connectivity index (χ1n) is 8.95. The zero-order valence-corrected chi connectivity index (χ0v) is 16.0. The van der Waals surface area contributed by atoms with Crippen molar-refractivity contribution in [1.29, 1.82) is 0 Å². The Labute approximate surface area is 162 Å². The van der Waals surface area contributed by atoms with E-state index < -0.39 is 0 Å². The molecule has 1 aliphatic heterocycles. The summed E-state index contributed by atoms with van der Waals surface area (Å²) in [6.07, 6.45) is 7.50. The second-order valence-electron chi connectivity index (χ2n) is 6.79. The van der Waals surface area contributed by atoms with Crippen LogP contribution in [0.4, 0.5) is 0 Å². The smallest absolute Gasteiger partial charge is 0.123 e. The number of ether oxygens (including phenoxy) is 1. The highest BCUT2D eigenvalue weighted by atomic mass is 32.1. The first-order valence-corrected chi connectivity index (χ1v) is 9.77. The van der Waals surface area contributed by atoms with Crippen molar-refractivity contribution in [1.82, 2.24) is 19.9 Å². The summed E-state index contributed by atoms with van der Waals surface area (Å²) in [6, 6.07) is 7.95. The number of benzene rings is 1. The highest BCUT2D eigenvalue weighted by Gasteiger charge is 2.31. The largest absolute Gasteiger partial charge is 0.497 e. The van der Waals surface area contributed by atoms with Crippen LogP contribution in [0.5, 0.6) is 5.75 Å². The van der Waals surface area contributed by atoms with Crippen LogP contribution >= 0.6 is 11.3 Å². The summed E-state index contributed by atoms with van der Waals surface area (Å²) in [6.45, 7) is 2.33. The number of hydrogen-bond acceptors (Lipinski definition) is 7. The van der Waals surface area contributed by atoms with Crippen molar-refractivity contribution in [2.45, 2.75) is 19.1 Å². The SMILES string of the molecule is COc1cccc(-c2ncc(CN3C[C@@H](Cc4cnccn4)[C@H](O)C3)s2)c1. The maximum absolute atomic E-state index is 10.4. The topological polar surface area (TPSA) is 71.4 Å². The van der Waals surface area contributed by atoms with Crippen molar-refractivity contribution in [3.63, 3.8) is 0 Å². The van der Waals surface area contributed by atoms with E-state index in [0.717, 1.165) is 41.5 Å². The Bertz CT molecular complexity index is 886. The van der Waals surface area contributed by atoms with Gasteiger partial charge in [-0.15, -0.1) is 11.3 Å². The molecular formula is C20H22N4O2S. The molecule has 140 valence electrons. The third-order valence-electron chi connectivity index (χ3n) is 4.82. The second-order valence-corrected chi connectivity index (χ2v) is 7.90. The van der Waals surface area contributed by atoms with Crippen LogP contribution in [-0.4, -0.2) is 51.3 Å². The molecule has 3 heterocycles. The van der Waals surface area contributed by atoms with Gasteiger partial charge >= 0.3 is 0 Å². The third-order valence-corrected chi connectivity index (χ3v) is 5.85. The molecule has 7 heteroatoms. The van der Waals surface area contributed by atoms with E-state index in [4.69, 9.17) is 4.74 Å². The lowest BCUT2D eigenvalue weighted by molar-refractivity contribution is 0.140. The molecule has 6 nitrogen and oxygen atoms in total. The molecule has 27 heavy (non-hydrogen) atoms. The molecule has 0 radical (unpaired) electrons. The molecule has 2 atom stereocenters. The quantitative estimate of drug-likeness (QED) is 0.707. The molecule has 1 saturated heterocycles. The van der Waals surface area contributed by atoms with Crippen LogP contribution in [-0.2, 0) is 13.0 Å². The average Bonchev–Trinajstić information content (AvgIpc) is 3.30. The molecule has 2 aromatic heterocycles. The molecule has 4 rings (SSSR count). The normalized spacial score (nSPS) is 20.1. The van der Waals surface area contributed by atoms with E-state index in [2.05, 4.69) is 19.9 Å². The van der Waals surface area contributed by atoms with Crippen LogP contribution in [0.3, 0.4) is 0 Å². The van der Waals surface area contributed by atoms with Gasteiger partial charge in [-0.1, -0.05) is 12.1 Å². The second kappa shape index (κ2) is 8.12. The number of methoxy groups -OCH3 is 1. The molecule has 3 aromatic rings. The van der Waals surface area contributed by atoms with Crippen LogP contribution in [0, 0.1) is 5.92 Å². The lowest BCUT2D eigenvalue weighted by atomic mass is 10.0. The molecule has 1 N–H and O–H groups in total. The fraction of sp³-hybridized carbons (Fsp3) is 0.350. The lowest BCUT2D eigenvalue weighted by Crippen LogP contribution is -2.20. The summed E-state index contributed by atoms with van der Waals surface area (Å²) < 4.78 is 5.29. The van der Waals surface area contributed by atoms with Gasteiger partial charge in [0.25, 0.3) is 0 Å². The maximum Gasteiger partial charge on any atom is 0.123 e. The summed E-state index contributed by atoms with van der Waals surface area (Å²) in [5, 5.41) is 11.4. The zero-order valence-electron chi connectivity index (χ0n) is 15.2. The third kappa shape index (κ3) is 4.32. The van der Waals surface area contributed by atoms with E-state index in [-0.39, 0.29) is 12.0 Å². The number of likely N-dealkylation sites (tertiary alicyclic amines) is 1. The Hall–Kier alpha value is -2.35. The van der Waals surface area contributed by atoms with Gasteiger partial charge < -0.3 is 9.84 Å². The standard InChI is InChI=1S/C20H22N4O2S/c1-26-17-4-2-3-14(8-17)20-23-10-18(27-20)12-24-11-15(19(25)13-24)7-16-9-21-5-6-22-16/h2-6,8-10,15,19,25H,7,11-13H2,1H3/t15-,19-/m1/s1. The Morgan fingerprint density at radius 1 is 1.22 bits per heavy atom. The van der Waals surface area contributed by atoms with Crippen molar-refractivity contribution < 1.29 is 9.84 Å². The summed E-state index contributed by atoms with van der Waals surface area (Å²) in [5.74, 6) is 1.02. The van der Waals surface area contributed by atoms with Crippen LogP contribution in [0.25, 0.3) is 10.6 Å². The summed E-state index contributed by atoms with van der Waals surface area (Å²) in [7, 11) is 1.67. The van der Waals surface area contributed by atoms with E-state index >= 15 is 0 Å². The minimum absolute atomic E-state index is 0.187. The van der Waals surface area contributed by atoms with Gasteiger partial charge in [0.2, 0.25) is 0 Å². The van der Waals surface area contributed by atoms with Gasteiger partial charge in [-0.2, -0.15) is 0 Å². The van der Waals surface area contributed by atoms with Gasteiger partial charge in [0, 0.05) is 60.8 Å². The molecule has 1 fully saturated rings. The minimum Gasteiger partial charge on any atom is -0.497 e. The minimum atomic E-state index is -0.335. The van der Waals surface area contributed by atoms with Crippen LogP contribution < -0.4 is 4.74 Å². The number of thiazole rings is 1. The summed E-state index contributed by atoms with van der Waals surface area (Å²) >= 11 is 1.69. The van der Waals surface area contributed by atoms with Crippen molar-refractivity contribution in [3.8, 4) is 16.3 Å². The van der Waals surface area contributed by atoms with E-state index in [1.165, 1.54) is 4.88 Å². The predicted molar refractivity (Wildman–Crippen MR) is 105 cm³/mol. The fourth-order valence-corrected chi connectivity index (χ4v) is 4.42. The molecule has 0 saturated carbocycles. The first-order chi connectivity index (χ1) is 13.2. The van der Waals surface area contributed by atoms with E-state index in [1.807, 2.05) is 30.5 Å². The first kappa shape index (κ1) is 18.0. The van der Waals surface area contributed by atoms with Crippen molar-refractivity contribution in [3.05, 3.63) is 59.6 Å². The van der Waals surface area contributed by atoms with Crippen molar-refractivity contribution in [2.24, 2.45) is 5.92 Å². The summed E-state index contributed by atoms with van der Waals surface area (Å²) in [4.78, 5) is 16.5. The van der Waals surface area contributed by atoms with Gasteiger partial charge in [-0.3, -0.25) is 14.9 Å². The number of hydrogen-bond donors (Lipinski definition) is 1. The van der Waals surface area contributed by atoms with Gasteiger partial charge in [0.1, 0.15) is 10.8 Å². The highest BCUT2D eigenvalue weighted by Crippen LogP contribution is 2.30. The van der Waals surface area contributed by atoms with E-state index in [0.29, 0.717) is 6.54 Å². The molecule has 0 unspecified atom stereocenters. The van der Waals surface area contributed by atoms with Gasteiger partial charge in [-0.25, -0.2) is 4.98 Å². The number of aliphatic hydroxyl groups is 1. The molecule has 0 amide bonds. The average molecular weight is 382 g/mol. The number of rotatable bonds is 6. The molecule has 1 aromatic carbocycles. The number of nitrogens with zero attached hydrogens (tertiary/aromatic N) is 4. The lowest BCUT2D eigenvalue weighted by Gasteiger charge is -2.14. The van der Waals surface area contributed by atoms with Crippen molar-refractivity contribution in [2.75, 3.05) is 20.2 Å². The highest BCUT2D eigenvalue weighted by molar-refractivity contribution is 7.15. The van der Waals surface area contributed by atoms with E-state index in [9.17, 15) is 5.11 Å². The Morgan fingerprint density at radius 3 is 2.96 bits per heavy atom. The van der Waals surface area contributed by atoms with Crippen LogP contribution in [0.1, 0.15) is 10.6 Å². The van der Waals surface area contributed by atoms with Crippen molar-refractivity contribution >= 4 is 11.3 Å². The Morgan fingerprint density at radius 2 is 2.15 bits per heavy atom. The molecule has 0 bridgehead atoms. The van der Waals surface area contributed by atoms with Gasteiger partial charge in [0.15, 0.2) is 0 Å². The molecule has 0 spiro atoms. The number of β-amino-alcohol motifs (C(OH)–C–C–N with tert-alkyl or cyclic N) is 1. The Kier molecular flexibility index (Phi) is 5.42. The van der Waals surface area contributed by atoms with Crippen LogP contribution in [0.15, 0.2) is 49.1 Å². The molecule has 1 aliphatic rings. The number of aliphatic hydroxyl groups excluding tert-OH is 1. The van der Waals surface area contributed by atoms with Gasteiger partial charge in [0.05, 0.1) is 18.9 Å². The van der Waals surface area contributed by atoms with Gasteiger partial charge in [-0.05, 0) is 18.6 Å². The monoisotopic (exact) mass is 382 g/mol. The molecular weight excluding hydrogens is 360 g/mol. The number of aromatic nitrogens is 3. The van der Waals surface area contributed by atoms with E-state index in [1.54, 1.807) is 37.0 Å². The summed E-state index contributed by atoms with van der Waals surface area (Å²) in [5.41, 5.74) is 1.99. The predicted octanol–water partition coefficient (Wildman–Crippen LogP) is 2.64. The Balaban J connectivity index is 1.39. The fourth-order valence-electron chi connectivity index (χ4n) is 3.47.